The maximum Gasteiger partial charge on any atom is 0.294 e. The zero-order chi connectivity index (χ0) is 8.91. The van der Waals surface area contributed by atoms with Crippen LogP contribution < -0.4 is 0 Å². The van der Waals surface area contributed by atoms with E-state index in [4.69, 9.17) is 8.85 Å². The topological polar surface area (TPSA) is 35.5 Å². The van der Waals surface area contributed by atoms with Crippen LogP contribution in [0.3, 0.4) is 0 Å². The van der Waals surface area contributed by atoms with Crippen molar-refractivity contribution in [3.05, 3.63) is 0 Å². The maximum absolute atomic E-state index is 11.0. The van der Waals surface area contributed by atoms with Gasteiger partial charge in [0.15, 0.2) is 0 Å². The van der Waals surface area contributed by atoms with Crippen molar-refractivity contribution in [1.29, 1.82) is 0 Å². The zero-order valence-corrected chi connectivity index (χ0v) is 10.6. The van der Waals surface area contributed by atoms with Gasteiger partial charge >= 0.3 is 0 Å². The van der Waals surface area contributed by atoms with E-state index in [1.807, 2.05) is 19.6 Å². The van der Waals surface area contributed by atoms with Crippen molar-refractivity contribution < 1.29 is 13.6 Å². The smallest absolute Gasteiger partial charge is 0.294 e. The molecular weight excluding hydrogens is 176 g/mol. The fourth-order valence-corrected chi connectivity index (χ4v) is 1.57. The summed E-state index contributed by atoms with van der Waals surface area (Å²) in [6.45, 7) is 6.49. The van der Waals surface area contributed by atoms with Crippen LogP contribution in [0.4, 0.5) is 0 Å². The van der Waals surface area contributed by atoms with Crippen molar-refractivity contribution in [3.63, 3.8) is 0 Å². The van der Waals surface area contributed by atoms with E-state index in [1.165, 1.54) is 0 Å². The Morgan fingerprint density at radius 1 is 1.45 bits per heavy atom. The third-order valence-electron chi connectivity index (χ3n) is 0.930. The Balaban J connectivity index is 3.53. The maximum atomic E-state index is 11.0. The van der Waals surface area contributed by atoms with Gasteiger partial charge < -0.3 is 8.85 Å². The standard InChI is InChI=1S/C6H16O3Si2/c1-11(2,3)9-6(7)4-5-8-10/h4-5H2,1-3,10H3. The molecule has 0 heterocycles. The Bertz CT molecular complexity index is 130. The Morgan fingerprint density at radius 2 is 2.00 bits per heavy atom. The highest BCUT2D eigenvalue weighted by Gasteiger charge is 2.19. The molecule has 0 N–H and O–H groups in total. The first kappa shape index (κ1) is 10.9. The molecule has 0 aromatic heterocycles. The van der Waals surface area contributed by atoms with E-state index >= 15 is 0 Å². The molecule has 0 aliphatic carbocycles. The molecule has 0 bridgehead atoms. The van der Waals surface area contributed by atoms with Gasteiger partial charge in [0.25, 0.3) is 5.97 Å². The Labute approximate surface area is 71.8 Å². The largest absolute Gasteiger partial charge is 0.520 e. The zero-order valence-electron chi connectivity index (χ0n) is 7.64. The van der Waals surface area contributed by atoms with Gasteiger partial charge in [-0.2, -0.15) is 0 Å². The summed E-state index contributed by atoms with van der Waals surface area (Å²) in [5.74, 6) is -0.125. The summed E-state index contributed by atoms with van der Waals surface area (Å²) in [5, 5.41) is 0. The fraction of sp³-hybridized carbons (Fsp3) is 0.833. The molecule has 3 nitrogen and oxygen atoms in total. The van der Waals surface area contributed by atoms with Crippen molar-refractivity contribution in [2.24, 2.45) is 0 Å². The second-order valence-electron chi connectivity index (χ2n) is 3.33. The summed E-state index contributed by atoms with van der Waals surface area (Å²) >= 11 is 0. The lowest BCUT2D eigenvalue weighted by Gasteiger charge is -2.16. The normalized spacial score (nSPS) is 11.5. The van der Waals surface area contributed by atoms with Gasteiger partial charge in [-0.3, -0.25) is 4.79 Å². The predicted molar refractivity (Wildman–Crippen MR) is 49.9 cm³/mol. The summed E-state index contributed by atoms with van der Waals surface area (Å²) in [5.41, 5.74) is 0. The van der Waals surface area contributed by atoms with Crippen LogP contribution in [-0.4, -0.2) is 31.4 Å². The number of rotatable bonds is 4. The lowest BCUT2D eigenvalue weighted by atomic mass is 10.5. The summed E-state index contributed by atoms with van der Waals surface area (Å²) in [6, 6.07) is 0. The molecule has 0 amide bonds. The molecule has 0 aromatic rings. The van der Waals surface area contributed by atoms with Crippen molar-refractivity contribution >= 4 is 24.8 Å². The van der Waals surface area contributed by atoms with E-state index in [2.05, 4.69) is 0 Å². The number of carbonyl (C=O) groups excluding carboxylic acids is 1. The van der Waals surface area contributed by atoms with E-state index in [9.17, 15) is 4.79 Å². The van der Waals surface area contributed by atoms with Gasteiger partial charge in [-0.15, -0.1) is 0 Å². The molecule has 0 radical (unpaired) electrons. The van der Waals surface area contributed by atoms with Crippen LogP contribution in [0.2, 0.25) is 19.6 Å². The van der Waals surface area contributed by atoms with Crippen LogP contribution >= 0.6 is 0 Å². The van der Waals surface area contributed by atoms with Gasteiger partial charge in [0.1, 0.15) is 10.5 Å². The first-order chi connectivity index (χ1) is 4.95. The van der Waals surface area contributed by atoms with E-state index in [0.29, 0.717) is 23.5 Å². The van der Waals surface area contributed by atoms with Gasteiger partial charge in [0.05, 0.1) is 6.42 Å². The minimum Gasteiger partial charge on any atom is -0.520 e. The predicted octanol–water partition coefficient (Wildman–Crippen LogP) is 0.0516. The molecule has 0 aromatic carbocycles. The van der Waals surface area contributed by atoms with Crippen molar-refractivity contribution in [2.75, 3.05) is 6.61 Å². The first-order valence-corrected chi connectivity index (χ1v) is 7.89. The summed E-state index contributed by atoms with van der Waals surface area (Å²) < 4.78 is 10.1. The van der Waals surface area contributed by atoms with Crippen LogP contribution in [-0.2, 0) is 13.6 Å². The quantitative estimate of drug-likeness (QED) is 0.591. The monoisotopic (exact) mass is 192 g/mol. The van der Waals surface area contributed by atoms with E-state index < -0.39 is 8.32 Å². The molecule has 0 saturated carbocycles. The number of hydrogen-bond acceptors (Lipinski definition) is 3. The molecule has 0 atom stereocenters. The molecule has 0 aliphatic rings. The van der Waals surface area contributed by atoms with Crippen LogP contribution in [0.25, 0.3) is 0 Å². The second kappa shape index (κ2) is 4.68. The Hall–Kier alpha value is -0.136. The van der Waals surface area contributed by atoms with Crippen molar-refractivity contribution in [3.8, 4) is 0 Å². The van der Waals surface area contributed by atoms with Gasteiger partial charge in [-0.1, -0.05) is 0 Å². The van der Waals surface area contributed by atoms with Crippen LogP contribution in [0.1, 0.15) is 6.42 Å². The molecule has 0 fully saturated rings. The molecule has 5 heteroatoms. The molecule has 0 aliphatic heterocycles. The summed E-state index contributed by atoms with van der Waals surface area (Å²) in [4.78, 5) is 11.0. The summed E-state index contributed by atoms with van der Waals surface area (Å²) in [7, 11) is -0.974. The van der Waals surface area contributed by atoms with Crippen LogP contribution in [0.5, 0.6) is 0 Å². The molecule has 0 rings (SSSR count). The van der Waals surface area contributed by atoms with E-state index in [0.717, 1.165) is 0 Å². The first-order valence-electron chi connectivity index (χ1n) is 3.66. The SMILES string of the molecule is C[Si](C)(C)OC(=O)CCO[SiH3]. The van der Waals surface area contributed by atoms with Crippen LogP contribution in [0.15, 0.2) is 0 Å². The van der Waals surface area contributed by atoms with E-state index in [1.54, 1.807) is 0 Å². The van der Waals surface area contributed by atoms with E-state index in [-0.39, 0.29) is 5.97 Å². The highest BCUT2D eigenvalue weighted by molar-refractivity contribution is 6.71. The van der Waals surface area contributed by atoms with Crippen molar-refractivity contribution in [1.82, 2.24) is 0 Å². The molecular formula is C6H16O3Si2. The second-order valence-corrected chi connectivity index (χ2v) is 8.34. The average molecular weight is 192 g/mol. The van der Waals surface area contributed by atoms with Gasteiger partial charge in [0.2, 0.25) is 8.32 Å². The third-order valence-corrected chi connectivity index (χ3v) is 2.18. The highest BCUT2D eigenvalue weighted by Crippen LogP contribution is 2.03. The van der Waals surface area contributed by atoms with Gasteiger partial charge in [-0.05, 0) is 19.6 Å². The fourth-order valence-electron chi connectivity index (χ4n) is 0.578. The number of hydrogen-bond donors (Lipinski definition) is 0. The minimum absolute atomic E-state index is 0.125. The number of carbonyl (C=O) groups is 1. The molecule has 0 spiro atoms. The van der Waals surface area contributed by atoms with Gasteiger partial charge in [-0.25, -0.2) is 0 Å². The minimum atomic E-state index is -1.66. The Kier molecular flexibility index (Phi) is 4.63. The molecule has 11 heavy (non-hydrogen) atoms. The van der Waals surface area contributed by atoms with Crippen LogP contribution in [0, 0.1) is 0 Å². The van der Waals surface area contributed by atoms with Gasteiger partial charge in [0, 0.05) is 6.61 Å². The molecule has 0 unspecified atom stereocenters. The summed E-state index contributed by atoms with van der Waals surface area (Å²) in [6.07, 6.45) is 0.397. The lowest BCUT2D eigenvalue weighted by Crippen LogP contribution is -2.29. The highest BCUT2D eigenvalue weighted by atomic mass is 28.4. The molecule has 66 valence electrons. The average Bonchev–Trinajstić information content (AvgIpc) is 1.79. The Morgan fingerprint density at radius 3 is 2.36 bits per heavy atom. The van der Waals surface area contributed by atoms with Crippen molar-refractivity contribution in [2.45, 2.75) is 26.1 Å². The lowest BCUT2D eigenvalue weighted by molar-refractivity contribution is -0.135. The third kappa shape index (κ3) is 7.76. The molecule has 0 saturated heterocycles.